The Bertz CT molecular complexity index is 1650. The van der Waals surface area contributed by atoms with Gasteiger partial charge in [-0.25, -0.2) is 0 Å². The fourth-order valence-corrected chi connectivity index (χ4v) is 4.11. The minimum Gasteiger partial charge on any atom is -0.385 e. The maximum Gasteiger partial charge on any atom is 0.283 e. The molecule has 0 saturated carbocycles. The van der Waals surface area contributed by atoms with E-state index in [4.69, 9.17) is 35.9 Å². The van der Waals surface area contributed by atoms with Crippen molar-refractivity contribution in [1.29, 1.82) is 0 Å². The summed E-state index contributed by atoms with van der Waals surface area (Å²) in [5.41, 5.74) is 14.1. The summed E-state index contributed by atoms with van der Waals surface area (Å²) in [4.78, 5) is 38.3. The first kappa shape index (κ1) is 26.4. The van der Waals surface area contributed by atoms with E-state index in [2.05, 4.69) is 22.1 Å². The number of aromatic nitrogens is 4. The summed E-state index contributed by atoms with van der Waals surface area (Å²) < 4.78 is 3.51. The van der Waals surface area contributed by atoms with Crippen LogP contribution in [0, 0.1) is 14.4 Å². The predicted octanol–water partition coefficient (Wildman–Crippen LogP) is 4.48. The van der Waals surface area contributed by atoms with Gasteiger partial charge in [0.1, 0.15) is 11.6 Å². The number of nitrogens with zero attached hydrogens (tertiary/aromatic N) is 3. The normalized spacial score (nSPS) is 10.4. The van der Waals surface area contributed by atoms with E-state index in [9.17, 15) is 14.5 Å². The number of nitrogens with two attached hydrogens (primary N) is 2. The van der Waals surface area contributed by atoms with Crippen LogP contribution >= 0.6 is 24.4 Å². The van der Waals surface area contributed by atoms with Crippen molar-refractivity contribution in [3.05, 3.63) is 101 Å². The van der Waals surface area contributed by atoms with Crippen LogP contribution in [0.1, 0.15) is 25.0 Å². The summed E-state index contributed by atoms with van der Waals surface area (Å²) in [6.07, 6.45) is 1.79. The van der Waals surface area contributed by atoms with Crippen molar-refractivity contribution in [2.24, 2.45) is 5.18 Å². The van der Waals surface area contributed by atoms with Gasteiger partial charge >= 0.3 is 0 Å². The second kappa shape index (κ2) is 11.5. The second-order valence-electron chi connectivity index (χ2n) is 7.67. The SMILES string of the molecule is CCc1cccc(-n2c(N)c(N=O)c(=O)[nH]c2=S)c1.CCc1cccc(-n2c(N)cc(=O)[nH]c2=S)c1. The lowest BCUT2D eigenvalue weighted by Crippen LogP contribution is -2.16. The van der Waals surface area contributed by atoms with Gasteiger partial charge in [-0.3, -0.25) is 28.7 Å². The highest BCUT2D eigenvalue weighted by molar-refractivity contribution is 7.71. The van der Waals surface area contributed by atoms with Crippen molar-refractivity contribution in [1.82, 2.24) is 19.1 Å². The number of nitroso groups, excluding NO2 is 1. The summed E-state index contributed by atoms with van der Waals surface area (Å²) in [5, 5.41) is 2.65. The van der Waals surface area contributed by atoms with Gasteiger partial charge in [-0.2, -0.15) is 0 Å². The highest BCUT2D eigenvalue weighted by atomic mass is 32.1. The molecule has 4 rings (SSSR count). The fourth-order valence-electron chi connectivity index (χ4n) is 3.50. The minimum absolute atomic E-state index is 0.0583. The number of nitrogen functional groups attached to an aromatic ring is 2. The maximum atomic E-state index is 11.5. The molecule has 2 aromatic heterocycles. The average molecular weight is 524 g/mol. The third-order valence-electron chi connectivity index (χ3n) is 5.34. The number of rotatable bonds is 5. The first-order valence-corrected chi connectivity index (χ1v) is 11.8. The summed E-state index contributed by atoms with van der Waals surface area (Å²) in [6, 6.07) is 16.7. The second-order valence-corrected chi connectivity index (χ2v) is 8.44. The van der Waals surface area contributed by atoms with Crippen LogP contribution < -0.4 is 22.6 Å². The molecule has 0 fully saturated rings. The molecule has 0 spiro atoms. The van der Waals surface area contributed by atoms with Gasteiger partial charge in [0, 0.05) is 6.07 Å². The van der Waals surface area contributed by atoms with Crippen molar-refractivity contribution in [3.8, 4) is 11.4 Å². The minimum atomic E-state index is -0.680. The molecule has 0 aliphatic heterocycles. The van der Waals surface area contributed by atoms with Crippen molar-refractivity contribution >= 4 is 41.8 Å². The molecule has 0 saturated heterocycles. The summed E-state index contributed by atoms with van der Waals surface area (Å²) in [5.74, 6) is 0.281. The Hall–Kier alpha value is -4.16. The van der Waals surface area contributed by atoms with E-state index in [1.54, 1.807) is 10.6 Å². The van der Waals surface area contributed by atoms with E-state index < -0.39 is 5.56 Å². The first-order chi connectivity index (χ1) is 17.2. The molecule has 0 amide bonds. The Labute approximate surface area is 216 Å². The molecular formula is C24H25N7O3S2. The maximum absolute atomic E-state index is 11.5. The highest BCUT2D eigenvalue weighted by Gasteiger charge is 2.12. The molecule has 0 bridgehead atoms. The van der Waals surface area contributed by atoms with E-state index >= 15 is 0 Å². The molecule has 0 unspecified atom stereocenters. The van der Waals surface area contributed by atoms with Gasteiger partial charge in [0.05, 0.1) is 11.4 Å². The Balaban J connectivity index is 0.000000202. The van der Waals surface area contributed by atoms with Crippen LogP contribution in [0.2, 0.25) is 0 Å². The number of hydrogen-bond donors (Lipinski definition) is 4. The molecule has 186 valence electrons. The van der Waals surface area contributed by atoms with Crippen LogP contribution in [-0.4, -0.2) is 19.1 Å². The zero-order chi connectivity index (χ0) is 26.4. The molecule has 0 aliphatic rings. The quantitative estimate of drug-likeness (QED) is 0.222. The van der Waals surface area contributed by atoms with Gasteiger partial charge in [-0.1, -0.05) is 38.1 Å². The summed E-state index contributed by atoms with van der Waals surface area (Å²) in [7, 11) is 0. The van der Waals surface area contributed by atoms with Crippen molar-refractivity contribution in [2.45, 2.75) is 26.7 Å². The van der Waals surface area contributed by atoms with Gasteiger partial charge in [-0.15, -0.1) is 4.91 Å². The summed E-state index contributed by atoms with van der Waals surface area (Å²) >= 11 is 10.2. The molecule has 0 aliphatic carbocycles. The van der Waals surface area contributed by atoms with Gasteiger partial charge in [-0.05, 0) is 77.8 Å². The predicted molar refractivity (Wildman–Crippen MR) is 147 cm³/mol. The van der Waals surface area contributed by atoms with Gasteiger partial charge < -0.3 is 11.5 Å². The van der Waals surface area contributed by atoms with E-state index in [0.717, 1.165) is 24.1 Å². The van der Waals surface area contributed by atoms with Gasteiger partial charge in [0.15, 0.2) is 9.54 Å². The molecule has 6 N–H and O–H groups in total. The molecule has 12 heteroatoms. The Morgan fingerprint density at radius 3 is 1.86 bits per heavy atom. The number of aromatic amines is 2. The number of aryl methyl sites for hydroxylation is 2. The smallest absolute Gasteiger partial charge is 0.283 e. The largest absolute Gasteiger partial charge is 0.385 e. The average Bonchev–Trinajstić information content (AvgIpc) is 2.84. The lowest BCUT2D eigenvalue weighted by atomic mass is 10.1. The van der Waals surface area contributed by atoms with Crippen molar-refractivity contribution in [2.75, 3.05) is 11.5 Å². The zero-order valence-electron chi connectivity index (χ0n) is 19.6. The van der Waals surface area contributed by atoms with E-state index in [0.29, 0.717) is 16.3 Å². The van der Waals surface area contributed by atoms with Crippen LogP contribution in [0.5, 0.6) is 0 Å². The first-order valence-electron chi connectivity index (χ1n) is 11.0. The van der Waals surface area contributed by atoms with Crippen LogP contribution in [0.15, 0.2) is 69.4 Å². The number of H-pyrrole nitrogens is 2. The number of nitrogens with one attached hydrogen (secondary N) is 2. The molecule has 10 nitrogen and oxygen atoms in total. The number of anilines is 2. The molecule has 36 heavy (non-hydrogen) atoms. The molecule has 0 atom stereocenters. The number of hydrogen-bond acceptors (Lipinski definition) is 8. The standard InChI is InChI=1S/C12H12N4O2S.C12H13N3OS/c1-2-7-4-3-5-8(6-7)16-10(13)9(15-18)11(17)14-12(16)19;1-2-8-4-3-5-9(6-8)15-10(13)7-11(16)14-12(15)17/h3-6H,2,13H2,1H3,(H,14,17,19);3-7H,2,13H2,1H3,(H,14,16,17). The van der Waals surface area contributed by atoms with Crippen molar-refractivity contribution in [3.63, 3.8) is 0 Å². The number of benzene rings is 2. The van der Waals surface area contributed by atoms with Gasteiger partial charge in [0.2, 0.25) is 5.69 Å². The highest BCUT2D eigenvalue weighted by Crippen LogP contribution is 2.21. The Morgan fingerprint density at radius 1 is 0.833 bits per heavy atom. The lowest BCUT2D eigenvalue weighted by Gasteiger charge is -2.12. The van der Waals surface area contributed by atoms with Gasteiger partial charge in [0.25, 0.3) is 11.1 Å². The van der Waals surface area contributed by atoms with E-state index in [1.807, 2.05) is 49.4 Å². The monoisotopic (exact) mass is 523 g/mol. The van der Waals surface area contributed by atoms with Crippen LogP contribution in [0.25, 0.3) is 11.4 Å². The van der Waals surface area contributed by atoms with E-state index in [-0.39, 0.29) is 21.8 Å². The fraction of sp³-hybridized carbons (Fsp3) is 0.167. The molecule has 0 radical (unpaired) electrons. The van der Waals surface area contributed by atoms with Crippen LogP contribution in [-0.2, 0) is 12.8 Å². The lowest BCUT2D eigenvalue weighted by molar-refractivity contribution is 0.944. The van der Waals surface area contributed by atoms with Crippen molar-refractivity contribution < 1.29 is 0 Å². The van der Waals surface area contributed by atoms with Crippen LogP contribution in [0.4, 0.5) is 17.3 Å². The van der Waals surface area contributed by atoms with Crippen LogP contribution in [0.3, 0.4) is 0 Å². The summed E-state index contributed by atoms with van der Waals surface area (Å²) in [6.45, 7) is 4.10. The molecular weight excluding hydrogens is 498 g/mol. The Kier molecular flexibility index (Phi) is 8.46. The molecule has 2 aromatic carbocycles. The molecule has 4 aromatic rings. The molecule has 2 heterocycles. The Morgan fingerprint density at radius 2 is 1.36 bits per heavy atom. The third-order valence-corrected chi connectivity index (χ3v) is 5.91. The van der Waals surface area contributed by atoms with E-state index in [1.165, 1.54) is 16.2 Å². The third kappa shape index (κ3) is 5.73. The topological polar surface area (TPSA) is 157 Å². The zero-order valence-corrected chi connectivity index (χ0v) is 21.3.